The van der Waals surface area contributed by atoms with Crippen LogP contribution < -0.4 is 56.9 Å². The minimum absolute atomic E-state index is 0. The fourth-order valence-corrected chi connectivity index (χ4v) is 7.78. The molecule has 4 heteroatoms. The van der Waals surface area contributed by atoms with Crippen LogP contribution in [0.5, 0.6) is 0 Å². The summed E-state index contributed by atoms with van der Waals surface area (Å²) in [5.74, 6) is 0. The molecule has 0 fully saturated rings. The Bertz CT molecular complexity index is 787. The smallest absolute Gasteiger partial charge is 0.109 e. The number of benzene rings is 3. The van der Waals surface area contributed by atoms with Gasteiger partial charge in [-0.1, -0.05) is 94.6 Å². The van der Waals surface area contributed by atoms with Crippen LogP contribution in [0.1, 0.15) is 59.3 Å². The van der Waals surface area contributed by atoms with E-state index < -0.39 is 7.26 Å². The van der Waals surface area contributed by atoms with Crippen LogP contribution in [0, 0.1) is 0 Å². The molecule has 0 atom stereocenters. The van der Waals surface area contributed by atoms with E-state index in [4.69, 9.17) is 0 Å². The second kappa shape index (κ2) is 19.3. The summed E-state index contributed by atoms with van der Waals surface area (Å²) in [5.41, 5.74) is 0. The summed E-state index contributed by atoms with van der Waals surface area (Å²) >= 11 is 0. The molecule has 0 bridgehead atoms. The summed E-state index contributed by atoms with van der Waals surface area (Å²) < 4.78 is 1.32. The van der Waals surface area contributed by atoms with Gasteiger partial charge >= 0.3 is 0 Å². The van der Waals surface area contributed by atoms with E-state index in [9.17, 15) is 0 Å². The Hall–Kier alpha value is -0.740. The van der Waals surface area contributed by atoms with E-state index in [0.717, 1.165) is 0 Å². The zero-order chi connectivity index (χ0) is 24.7. The number of rotatable bonds is 12. The molecule has 0 radical (unpaired) electrons. The molecule has 0 aliphatic rings. The number of hydrogen-bond donors (Lipinski definition) is 0. The van der Waals surface area contributed by atoms with Crippen LogP contribution in [0.3, 0.4) is 0 Å². The molecule has 36 heavy (non-hydrogen) atoms. The molecule has 0 aliphatic carbocycles. The van der Waals surface area contributed by atoms with Crippen LogP contribution >= 0.6 is 7.26 Å². The summed E-state index contributed by atoms with van der Waals surface area (Å²) in [7, 11) is 0.919. The van der Waals surface area contributed by atoms with Crippen molar-refractivity contribution in [2.75, 3.05) is 33.3 Å². The maximum absolute atomic E-state index is 2.45. The molecular weight excluding hydrogens is 636 g/mol. The van der Waals surface area contributed by atoms with Gasteiger partial charge in [0.1, 0.15) is 23.2 Å². The van der Waals surface area contributed by atoms with Gasteiger partial charge in [-0.15, -0.1) is 0 Å². The average Bonchev–Trinajstić information content (AvgIpc) is 2.91. The highest BCUT2D eigenvalue weighted by atomic mass is 127. The first-order valence-electron chi connectivity index (χ1n) is 13.4. The molecule has 0 heterocycles. The quantitative estimate of drug-likeness (QED) is 0.154. The number of nitrogens with zero attached hydrogens (tertiary/aromatic N) is 1. The van der Waals surface area contributed by atoms with Crippen molar-refractivity contribution in [1.29, 1.82) is 0 Å². The molecule has 3 aromatic carbocycles. The normalized spacial score (nSPS) is 10.9. The van der Waals surface area contributed by atoms with Gasteiger partial charge in [-0.05, 0) is 55.7 Å². The van der Waals surface area contributed by atoms with Crippen molar-refractivity contribution in [2.24, 2.45) is 0 Å². The van der Waals surface area contributed by atoms with Crippen LogP contribution in [-0.4, -0.2) is 37.8 Å². The van der Waals surface area contributed by atoms with Gasteiger partial charge in [0.15, 0.2) is 0 Å². The van der Waals surface area contributed by atoms with Gasteiger partial charge in [-0.3, -0.25) is 0 Å². The van der Waals surface area contributed by atoms with E-state index in [1.165, 1.54) is 78.6 Å². The summed E-state index contributed by atoms with van der Waals surface area (Å²) in [5, 5.41) is 4.28. The van der Waals surface area contributed by atoms with Gasteiger partial charge in [-0.25, -0.2) is 0 Å². The Morgan fingerprint density at radius 3 is 1.00 bits per heavy atom. The van der Waals surface area contributed by atoms with E-state index in [2.05, 4.69) is 125 Å². The van der Waals surface area contributed by atoms with E-state index in [1.807, 2.05) is 0 Å². The summed E-state index contributed by atoms with van der Waals surface area (Å²) in [4.78, 5) is 0. The van der Waals surface area contributed by atoms with Crippen molar-refractivity contribution in [3.05, 3.63) is 91.0 Å². The maximum atomic E-state index is 2.45. The predicted octanol–water partition coefficient (Wildman–Crippen LogP) is 1.45. The molecule has 1 nitrogen and oxygen atoms in total. The van der Waals surface area contributed by atoms with Gasteiger partial charge in [0.25, 0.3) is 0 Å². The second-order valence-electron chi connectivity index (χ2n) is 9.86. The van der Waals surface area contributed by atoms with Crippen LogP contribution in [-0.2, 0) is 0 Å². The van der Waals surface area contributed by atoms with Crippen molar-refractivity contribution >= 4 is 23.2 Å². The Kier molecular flexibility index (Phi) is 18.9. The van der Waals surface area contributed by atoms with Crippen molar-refractivity contribution in [1.82, 2.24) is 0 Å². The van der Waals surface area contributed by atoms with Crippen molar-refractivity contribution in [2.45, 2.75) is 59.3 Å². The molecule has 0 saturated heterocycles. The first-order chi connectivity index (χ1) is 16.5. The minimum Gasteiger partial charge on any atom is -1.00 e. The van der Waals surface area contributed by atoms with Crippen molar-refractivity contribution in [3.8, 4) is 0 Å². The van der Waals surface area contributed by atoms with Gasteiger partial charge in [-0.2, -0.15) is 0 Å². The van der Waals surface area contributed by atoms with E-state index in [0.29, 0.717) is 0 Å². The van der Waals surface area contributed by atoms with Gasteiger partial charge in [0.2, 0.25) is 0 Å². The monoisotopic (exact) mass is 683 g/mol. The zero-order valence-electron chi connectivity index (χ0n) is 23.2. The molecule has 0 N–H and O–H groups in total. The number of halogens is 2. The van der Waals surface area contributed by atoms with Crippen LogP contribution in [0.15, 0.2) is 91.0 Å². The lowest BCUT2D eigenvalue weighted by Crippen LogP contribution is -3.00. The highest BCUT2D eigenvalue weighted by molar-refractivity contribution is 7.95. The lowest BCUT2D eigenvalue weighted by atomic mass is 10.2. The standard InChI is InChI=1S/C19H18P.C13H30N.BrH.HI/c1-20(17-11-5-2-6-12-17,18-13-7-3-8-14-18)19-15-9-4-10-16-19;1-5-8-11-14(4,12-9-6-2)13-10-7-3;;/h2-16H,1H3;5-13H2,1-4H3;2*1H/q2*+1;;/p-2. The topological polar surface area (TPSA) is 0 Å². The van der Waals surface area contributed by atoms with Crippen LogP contribution in [0.25, 0.3) is 0 Å². The fraction of sp³-hybridized carbons (Fsp3) is 0.438. The van der Waals surface area contributed by atoms with Crippen molar-refractivity contribution in [3.63, 3.8) is 0 Å². The average molecular weight is 685 g/mol. The zero-order valence-corrected chi connectivity index (χ0v) is 27.8. The highest BCUT2D eigenvalue weighted by Crippen LogP contribution is 2.51. The lowest BCUT2D eigenvalue weighted by molar-refractivity contribution is -0.910. The third-order valence-corrected chi connectivity index (χ3v) is 11.0. The van der Waals surface area contributed by atoms with E-state index >= 15 is 0 Å². The molecule has 0 amide bonds. The Morgan fingerprint density at radius 2 is 0.778 bits per heavy atom. The molecule has 0 aromatic heterocycles. The molecule has 0 aliphatic heterocycles. The largest absolute Gasteiger partial charge is 1.00 e. The summed E-state index contributed by atoms with van der Waals surface area (Å²) in [6.45, 7) is 13.5. The third kappa shape index (κ3) is 10.9. The number of hydrogen-bond acceptors (Lipinski definition) is 0. The highest BCUT2D eigenvalue weighted by Gasteiger charge is 2.39. The molecular formula is C32H48BrINP. The molecule has 0 spiro atoms. The van der Waals surface area contributed by atoms with Gasteiger partial charge < -0.3 is 45.4 Å². The second-order valence-corrected chi connectivity index (χ2v) is 13.4. The summed E-state index contributed by atoms with van der Waals surface area (Å²) in [6, 6.07) is 32.6. The van der Waals surface area contributed by atoms with Crippen molar-refractivity contribution < 1.29 is 45.4 Å². The number of unbranched alkanes of at least 4 members (excludes halogenated alkanes) is 3. The molecule has 3 aromatic rings. The Balaban J connectivity index is 0.000000688. The van der Waals surface area contributed by atoms with Crippen LogP contribution in [0.4, 0.5) is 0 Å². The van der Waals surface area contributed by atoms with Crippen LogP contribution in [0.2, 0.25) is 0 Å². The fourth-order valence-electron chi connectivity index (χ4n) is 4.58. The molecule has 0 unspecified atom stereocenters. The lowest BCUT2D eigenvalue weighted by Gasteiger charge is -2.34. The SMILES string of the molecule is CCCC[N+](C)(CCCC)CCCC.C[P+](c1ccccc1)(c1ccccc1)c1ccccc1.[Br-].[I-]. The minimum atomic E-state index is -1.53. The molecule has 200 valence electrons. The van der Waals surface area contributed by atoms with Gasteiger partial charge in [0, 0.05) is 0 Å². The Labute approximate surface area is 250 Å². The third-order valence-electron chi connectivity index (χ3n) is 6.97. The van der Waals surface area contributed by atoms with E-state index in [1.54, 1.807) is 0 Å². The first kappa shape index (κ1) is 35.3. The maximum Gasteiger partial charge on any atom is 0.109 e. The predicted molar refractivity (Wildman–Crippen MR) is 157 cm³/mol. The Morgan fingerprint density at radius 1 is 0.528 bits per heavy atom. The van der Waals surface area contributed by atoms with Gasteiger partial charge in [0.05, 0.1) is 33.3 Å². The number of quaternary nitrogens is 1. The van der Waals surface area contributed by atoms with E-state index in [-0.39, 0.29) is 41.0 Å². The summed E-state index contributed by atoms with van der Waals surface area (Å²) in [6.07, 6.45) is 8.20. The molecule has 0 saturated carbocycles. The molecule has 3 rings (SSSR count). The first-order valence-corrected chi connectivity index (χ1v) is 15.6.